The lowest BCUT2D eigenvalue weighted by Crippen LogP contribution is -2.52. The number of nitrogens with two attached hydrogens (primary N) is 2. The topological polar surface area (TPSA) is 111 Å². The number of nitrogen functional groups attached to an aromatic ring is 1. The van der Waals surface area contributed by atoms with Crippen LogP contribution in [-0.2, 0) is 4.79 Å². The molecule has 0 aliphatic rings. The first kappa shape index (κ1) is 14.3. The van der Waals surface area contributed by atoms with Gasteiger partial charge < -0.3 is 16.8 Å². The molecule has 0 aliphatic carbocycles. The van der Waals surface area contributed by atoms with Crippen LogP contribution in [-0.4, -0.2) is 22.3 Å². The average molecular weight is 292 g/mol. The number of aromatic nitrogens is 1. The van der Waals surface area contributed by atoms with E-state index >= 15 is 0 Å². The minimum Gasteiger partial charge on any atom is -0.397 e. The molecule has 5 N–H and O–H groups in total. The second kappa shape index (κ2) is 4.75. The van der Waals surface area contributed by atoms with Gasteiger partial charge in [-0.25, -0.2) is 4.98 Å². The lowest BCUT2D eigenvalue weighted by atomic mass is 10.0. The highest BCUT2D eigenvalue weighted by molar-refractivity contribution is 7.21. The van der Waals surface area contributed by atoms with Crippen molar-refractivity contribution in [1.82, 2.24) is 10.3 Å². The molecule has 6 nitrogen and oxygen atoms in total. The summed E-state index contributed by atoms with van der Waals surface area (Å²) in [4.78, 5) is 28.8. The Hall–Kier alpha value is -2.15. The maximum absolute atomic E-state index is 12.3. The molecule has 2 heterocycles. The van der Waals surface area contributed by atoms with Gasteiger partial charge >= 0.3 is 0 Å². The molecule has 20 heavy (non-hydrogen) atoms. The third-order valence-electron chi connectivity index (χ3n) is 3.09. The van der Waals surface area contributed by atoms with Crippen LogP contribution in [0.3, 0.4) is 0 Å². The van der Waals surface area contributed by atoms with Crippen molar-refractivity contribution in [3.63, 3.8) is 0 Å². The number of primary amides is 1. The van der Waals surface area contributed by atoms with E-state index in [0.717, 1.165) is 10.9 Å². The van der Waals surface area contributed by atoms with Gasteiger partial charge in [0.25, 0.3) is 5.91 Å². The van der Waals surface area contributed by atoms with Gasteiger partial charge in [0.2, 0.25) is 5.91 Å². The molecule has 2 aromatic rings. The first-order chi connectivity index (χ1) is 9.24. The predicted octanol–water partition coefficient (Wildman–Crippen LogP) is 1.18. The van der Waals surface area contributed by atoms with E-state index in [-0.39, 0.29) is 0 Å². The molecule has 0 atom stereocenters. The van der Waals surface area contributed by atoms with Crippen molar-refractivity contribution in [2.24, 2.45) is 5.73 Å². The molecule has 0 unspecified atom stereocenters. The van der Waals surface area contributed by atoms with Gasteiger partial charge in [-0.2, -0.15) is 0 Å². The van der Waals surface area contributed by atoms with Crippen LogP contribution < -0.4 is 16.8 Å². The number of carbonyl (C=O) groups is 2. The van der Waals surface area contributed by atoms with E-state index in [2.05, 4.69) is 10.3 Å². The van der Waals surface area contributed by atoms with E-state index in [0.29, 0.717) is 15.4 Å². The number of hydrogen-bond donors (Lipinski definition) is 3. The van der Waals surface area contributed by atoms with Crippen molar-refractivity contribution in [2.45, 2.75) is 26.3 Å². The lowest BCUT2D eigenvalue weighted by Gasteiger charge is -2.21. The Morgan fingerprint density at radius 3 is 2.60 bits per heavy atom. The molecular formula is C13H16N4O2S. The van der Waals surface area contributed by atoms with E-state index in [1.54, 1.807) is 20.0 Å². The summed E-state index contributed by atoms with van der Waals surface area (Å²) in [6.45, 7) is 4.99. The van der Waals surface area contributed by atoms with Crippen LogP contribution in [0.25, 0.3) is 10.2 Å². The Balaban J connectivity index is 2.44. The number of aryl methyl sites for hydroxylation is 1. The highest BCUT2D eigenvalue weighted by Gasteiger charge is 2.29. The molecule has 2 aromatic heterocycles. The summed E-state index contributed by atoms with van der Waals surface area (Å²) in [6.07, 6.45) is 1.67. The normalized spacial score (nSPS) is 11.6. The fraction of sp³-hybridized carbons (Fsp3) is 0.308. The van der Waals surface area contributed by atoms with Crippen molar-refractivity contribution >= 4 is 39.1 Å². The van der Waals surface area contributed by atoms with E-state index in [9.17, 15) is 9.59 Å². The quantitative estimate of drug-likeness (QED) is 0.788. The van der Waals surface area contributed by atoms with Crippen LogP contribution in [0.5, 0.6) is 0 Å². The van der Waals surface area contributed by atoms with Gasteiger partial charge in [-0.15, -0.1) is 11.3 Å². The number of rotatable bonds is 3. The van der Waals surface area contributed by atoms with Gasteiger partial charge in [0, 0.05) is 11.6 Å². The fourth-order valence-corrected chi connectivity index (χ4v) is 2.81. The summed E-state index contributed by atoms with van der Waals surface area (Å²) < 4.78 is 0. The van der Waals surface area contributed by atoms with E-state index < -0.39 is 17.4 Å². The van der Waals surface area contributed by atoms with Crippen molar-refractivity contribution in [1.29, 1.82) is 0 Å². The Morgan fingerprint density at radius 2 is 2.05 bits per heavy atom. The zero-order chi connectivity index (χ0) is 15.1. The third-order valence-corrected chi connectivity index (χ3v) is 4.20. The maximum atomic E-state index is 12.3. The number of nitrogens with one attached hydrogen (secondary N) is 1. The molecule has 7 heteroatoms. The number of fused-ring (bicyclic) bond motifs is 1. The number of amides is 2. The number of nitrogens with zero attached hydrogens (tertiary/aromatic N) is 1. The molecule has 2 amide bonds. The van der Waals surface area contributed by atoms with E-state index in [1.165, 1.54) is 11.3 Å². The molecule has 0 aliphatic heterocycles. The number of pyridine rings is 1. The summed E-state index contributed by atoms with van der Waals surface area (Å²) in [7, 11) is 0. The first-order valence-corrected chi connectivity index (χ1v) is 6.81. The van der Waals surface area contributed by atoms with Crippen LogP contribution in [0.15, 0.2) is 12.3 Å². The molecule has 2 rings (SSSR count). The molecule has 0 fully saturated rings. The lowest BCUT2D eigenvalue weighted by molar-refractivity contribution is -0.122. The number of anilines is 1. The minimum atomic E-state index is -1.14. The Kier molecular flexibility index (Phi) is 3.39. The second-order valence-electron chi connectivity index (χ2n) is 5.10. The molecule has 0 saturated heterocycles. The van der Waals surface area contributed by atoms with Gasteiger partial charge in [0.15, 0.2) is 0 Å². The van der Waals surface area contributed by atoms with E-state index in [1.807, 2.05) is 13.0 Å². The molecule has 0 aromatic carbocycles. The number of hydrogen-bond acceptors (Lipinski definition) is 5. The zero-order valence-electron chi connectivity index (χ0n) is 11.5. The minimum absolute atomic E-state index is 0.344. The van der Waals surface area contributed by atoms with Crippen LogP contribution in [0.4, 0.5) is 5.69 Å². The van der Waals surface area contributed by atoms with Gasteiger partial charge in [-0.3, -0.25) is 9.59 Å². The largest absolute Gasteiger partial charge is 0.397 e. The highest BCUT2D eigenvalue weighted by Crippen LogP contribution is 2.34. The highest BCUT2D eigenvalue weighted by atomic mass is 32.1. The molecule has 106 valence electrons. The molecule has 0 radical (unpaired) electrons. The Labute approximate surface area is 120 Å². The SMILES string of the molecule is Cc1ccnc2sc(C(=O)NC(C)(C)C(N)=O)c(N)c12. The van der Waals surface area contributed by atoms with Crippen LogP contribution in [0.1, 0.15) is 29.1 Å². The van der Waals surface area contributed by atoms with Gasteiger partial charge in [-0.05, 0) is 32.4 Å². The van der Waals surface area contributed by atoms with Crippen molar-refractivity contribution < 1.29 is 9.59 Å². The predicted molar refractivity (Wildman–Crippen MR) is 79.5 cm³/mol. The first-order valence-electron chi connectivity index (χ1n) is 6.00. The Bertz CT molecular complexity index is 706. The molecule has 0 bridgehead atoms. The van der Waals surface area contributed by atoms with Crippen LogP contribution >= 0.6 is 11.3 Å². The zero-order valence-corrected chi connectivity index (χ0v) is 12.3. The number of carbonyl (C=O) groups excluding carboxylic acids is 2. The molecular weight excluding hydrogens is 276 g/mol. The Morgan fingerprint density at radius 1 is 1.40 bits per heavy atom. The summed E-state index contributed by atoms with van der Waals surface area (Å²) in [5, 5.41) is 3.36. The molecule has 0 saturated carbocycles. The molecule has 0 spiro atoms. The van der Waals surface area contributed by atoms with Gasteiger partial charge in [-0.1, -0.05) is 0 Å². The van der Waals surface area contributed by atoms with Crippen LogP contribution in [0, 0.1) is 6.92 Å². The van der Waals surface area contributed by atoms with Gasteiger partial charge in [0.05, 0.1) is 5.69 Å². The third kappa shape index (κ3) is 2.32. The summed E-state index contributed by atoms with van der Waals surface area (Å²) in [6, 6.07) is 1.83. The average Bonchev–Trinajstić information content (AvgIpc) is 2.67. The summed E-state index contributed by atoms with van der Waals surface area (Å²) >= 11 is 1.20. The second-order valence-corrected chi connectivity index (χ2v) is 6.10. The standard InChI is InChI=1S/C13H16N4O2S/c1-6-4-5-16-11-7(6)8(14)9(20-11)10(18)17-13(2,3)12(15)19/h4-5H,14H2,1-3H3,(H2,15,19)(H,17,18). The smallest absolute Gasteiger partial charge is 0.264 e. The van der Waals surface area contributed by atoms with Crippen molar-refractivity contribution in [3.8, 4) is 0 Å². The van der Waals surface area contributed by atoms with Crippen LogP contribution in [0.2, 0.25) is 0 Å². The van der Waals surface area contributed by atoms with Crippen molar-refractivity contribution in [3.05, 3.63) is 22.7 Å². The monoisotopic (exact) mass is 292 g/mol. The maximum Gasteiger partial charge on any atom is 0.264 e. The van der Waals surface area contributed by atoms with Gasteiger partial charge in [0.1, 0.15) is 15.2 Å². The van der Waals surface area contributed by atoms with E-state index in [4.69, 9.17) is 11.5 Å². The van der Waals surface area contributed by atoms with Crippen molar-refractivity contribution in [2.75, 3.05) is 5.73 Å². The fourth-order valence-electron chi connectivity index (χ4n) is 1.77. The summed E-state index contributed by atoms with van der Waals surface area (Å²) in [5.74, 6) is -1.03. The summed E-state index contributed by atoms with van der Waals surface area (Å²) in [5.41, 5.74) is 11.5. The number of thiophene rings is 1.